The van der Waals surface area contributed by atoms with Gasteiger partial charge in [0.25, 0.3) is 0 Å². The number of ether oxygens (including phenoxy) is 3. The van der Waals surface area contributed by atoms with E-state index in [1.807, 2.05) is 26.0 Å². The third kappa shape index (κ3) is 5.04. The quantitative estimate of drug-likeness (QED) is 0.466. The Morgan fingerprint density at radius 3 is 2.69 bits per heavy atom. The van der Waals surface area contributed by atoms with Crippen LogP contribution in [0.1, 0.15) is 17.5 Å². The van der Waals surface area contributed by atoms with Crippen LogP contribution in [0.3, 0.4) is 0 Å². The molecule has 3 aromatic rings. The number of carbonyl (C=O) groups is 1. The molecule has 0 saturated carbocycles. The average Bonchev–Trinajstić information content (AvgIpc) is 2.86. The first kappa shape index (κ1) is 24.8. The minimum Gasteiger partial charge on any atom is -0.496 e. The van der Waals surface area contributed by atoms with Gasteiger partial charge >= 0.3 is 0 Å². The Balaban J connectivity index is 1.69. The van der Waals surface area contributed by atoms with Gasteiger partial charge in [-0.1, -0.05) is 18.2 Å². The number of anilines is 1. The Morgan fingerprint density at radius 1 is 1.20 bits per heavy atom. The Bertz CT molecular complexity index is 1250. The molecule has 0 unspecified atom stereocenters. The van der Waals surface area contributed by atoms with Crippen molar-refractivity contribution in [2.75, 3.05) is 32.8 Å². The number of aryl methyl sites for hydroxylation is 1. The molecular formula is C26H29ClN4O4. The van der Waals surface area contributed by atoms with Crippen molar-refractivity contribution >= 4 is 34.4 Å². The van der Waals surface area contributed by atoms with Crippen LogP contribution in [0.2, 0.25) is 5.02 Å². The number of fused-ring (bicyclic) bond motifs is 1. The van der Waals surface area contributed by atoms with Crippen molar-refractivity contribution in [2.45, 2.75) is 32.4 Å². The highest BCUT2D eigenvalue weighted by atomic mass is 35.5. The van der Waals surface area contributed by atoms with Gasteiger partial charge in [-0.05, 0) is 49.6 Å². The number of nitrogens with one attached hydrogen (secondary N) is 2. The van der Waals surface area contributed by atoms with Crippen molar-refractivity contribution in [2.24, 2.45) is 0 Å². The maximum atomic E-state index is 11.8. The van der Waals surface area contributed by atoms with Crippen LogP contribution >= 0.6 is 11.6 Å². The van der Waals surface area contributed by atoms with E-state index in [-0.39, 0.29) is 18.0 Å². The molecule has 2 aromatic carbocycles. The summed E-state index contributed by atoms with van der Waals surface area (Å²) in [6, 6.07) is 5.58. The van der Waals surface area contributed by atoms with Gasteiger partial charge in [0, 0.05) is 35.4 Å². The van der Waals surface area contributed by atoms with Crippen molar-refractivity contribution in [3.05, 3.63) is 53.2 Å². The molecule has 1 fully saturated rings. The molecule has 0 aliphatic carbocycles. The lowest BCUT2D eigenvalue weighted by Crippen LogP contribution is -2.52. The number of aromatic nitrogens is 2. The first-order valence-electron chi connectivity index (χ1n) is 11.3. The molecular weight excluding hydrogens is 468 g/mol. The van der Waals surface area contributed by atoms with Crippen LogP contribution < -0.4 is 20.1 Å². The molecule has 2 atom stereocenters. The zero-order valence-corrected chi connectivity index (χ0v) is 21.0. The smallest absolute Gasteiger partial charge is 0.243 e. The molecule has 0 bridgehead atoms. The largest absolute Gasteiger partial charge is 0.496 e. The number of carbonyl (C=O) groups excluding carboxylic acids is 1. The highest BCUT2D eigenvalue weighted by molar-refractivity contribution is 6.35. The number of amides is 1. The zero-order valence-electron chi connectivity index (χ0n) is 20.3. The van der Waals surface area contributed by atoms with E-state index in [0.29, 0.717) is 42.1 Å². The lowest BCUT2D eigenvalue weighted by atomic mass is 9.96. The monoisotopic (exact) mass is 496 g/mol. The Kier molecular flexibility index (Phi) is 7.42. The van der Waals surface area contributed by atoms with Crippen LogP contribution in [-0.4, -0.2) is 55.4 Å². The Hall–Kier alpha value is -3.36. The van der Waals surface area contributed by atoms with Crippen LogP contribution in [0.4, 0.5) is 5.95 Å². The molecule has 1 aliphatic heterocycles. The van der Waals surface area contributed by atoms with E-state index in [1.54, 1.807) is 26.5 Å². The first-order valence-corrected chi connectivity index (χ1v) is 11.7. The molecule has 35 heavy (non-hydrogen) atoms. The van der Waals surface area contributed by atoms with Crippen molar-refractivity contribution in [1.29, 1.82) is 0 Å². The number of halogens is 1. The summed E-state index contributed by atoms with van der Waals surface area (Å²) in [6.07, 6.45) is 3.74. The highest BCUT2D eigenvalue weighted by Crippen LogP contribution is 2.43. The van der Waals surface area contributed by atoms with E-state index in [0.717, 1.165) is 33.2 Å². The van der Waals surface area contributed by atoms with Gasteiger partial charge in [0.1, 0.15) is 11.5 Å². The summed E-state index contributed by atoms with van der Waals surface area (Å²) >= 11 is 6.71. The lowest BCUT2D eigenvalue weighted by Gasteiger charge is -2.32. The average molecular weight is 497 g/mol. The Morgan fingerprint density at radius 2 is 1.97 bits per heavy atom. The summed E-state index contributed by atoms with van der Waals surface area (Å²) in [5.74, 6) is 1.50. The summed E-state index contributed by atoms with van der Waals surface area (Å²) in [5.41, 5.74) is 4.47. The van der Waals surface area contributed by atoms with Gasteiger partial charge in [0.15, 0.2) is 0 Å². The van der Waals surface area contributed by atoms with E-state index in [4.69, 9.17) is 30.8 Å². The summed E-state index contributed by atoms with van der Waals surface area (Å²) in [6.45, 7) is 8.52. The molecule has 0 radical (unpaired) electrons. The molecule has 0 spiro atoms. The normalized spacial score (nSPS) is 17.6. The fraction of sp³-hybridized carbons (Fsp3) is 0.346. The van der Waals surface area contributed by atoms with Crippen molar-refractivity contribution < 1.29 is 19.0 Å². The van der Waals surface area contributed by atoms with Crippen LogP contribution in [-0.2, 0) is 9.53 Å². The predicted molar refractivity (Wildman–Crippen MR) is 138 cm³/mol. The van der Waals surface area contributed by atoms with Crippen molar-refractivity contribution in [3.63, 3.8) is 0 Å². The second-order valence-corrected chi connectivity index (χ2v) is 8.83. The van der Waals surface area contributed by atoms with Gasteiger partial charge in [0.05, 0.1) is 43.4 Å². The second kappa shape index (κ2) is 10.5. The topological polar surface area (TPSA) is 94.6 Å². The van der Waals surface area contributed by atoms with Crippen LogP contribution in [0, 0.1) is 13.8 Å². The van der Waals surface area contributed by atoms with E-state index in [9.17, 15) is 4.79 Å². The number of hydrogen-bond donors (Lipinski definition) is 2. The van der Waals surface area contributed by atoms with E-state index in [2.05, 4.69) is 22.2 Å². The molecule has 8 nitrogen and oxygen atoms in total. The van der Waals surface area contributed by atoms with E-state index >= 15 is 0 Å². The number of rotatable bonds is 7. The van der Waals surface area contributed by atoms with Gasteiger partial charge in [-0.25, -0.2) is 9.97 Å². The van der Waals surface area contributed by atoms with Gasteiger partial charge in [-0.15, -0.1) is 0 Å². The van der Waals surface area contributed by atoms with Crippen molar-refractivity contribution in [3.8, 4) is 22.6 Å². The van der Waals surface area contributed by atoms with Crippen LogP contribution in [0.5, 0.6) is 11.5 Å². The highest BCUT2D eigenvalue weighted by Gasteiger charge is 2.27. The third-order valence-electron chi connectivity index (χ3n) is 6.23. The standard InChI is InChI=1S/C26H29ClN4O4/c1-6-22(32)29-18-7-8-35-13-19(18)30-26-28-12-17-10-16(9-14(2)25(17)31-26)23-15(3)20(33-4)11-21(34-5)24(23)27/h6,9-12,18-19H,1,7-8,13H2,2-5H3,(H,29,32)(H,28,30,31)/t18-,19+/m0/s1. The maximum Gasteiger partial charge on any atom is 0.243 e. The molecule has 1 saturated heterocycles. The summed E-state index contributed by atoms with van der Waals surface area (Å²) < 4.78 is 16.6. The van der Waals surface area contributed by atoms with Crippen molar-refractivity contribution in [1.82, 2.24) is 15.3 Å². The molecule has 9 heteroatoms. The molecule has 184 valence electrons. The van der Waals surface area contributed by atoms with Gasteiger partial charge in [0.2, 0.25) is 11.9 Å². The molecule has 4 rings (SSSR count). The summed E-state index contributed by atoms with van der Waals surface area (Å²) in [4.78, 5) is 21.1. The van der Waals surface area contributed by atoms with Crippen LogP contribution in [0.15, 0.2) is 37.1 Å². The first-order chi connectivity index (χ1) is 16.9. The SMILES string of the molecule is C=CC(=O)N[C@H]1CCOC[C@H]1Nc1ncc2cc(-c3c(C)c(OC)cc(OC)c3Cl)cc(C)c2n1. The minimum atomic E-state index is -0.213. The number of methoxy groups -OCH3 is 2. The van der Waals surface area contributed by atoms with Gasteiger partial charge in [-0.3, -0.25) is 4.79 Å². The molecule has 1 amide bonds. The fourth-order valence-electron chi connectivity index (χ4n) is 4.40. The van der Waals surface area contributed by atoms with Gasteiger partial charge in [-0.2, -0.15) is 0 Å². The Labute approximate surface area is 209 Å². The number of hydrogen-bond acceptors (Lipinski definition) is 7. The predicted octanol–water partition coefficient (Wildman–Crippen LogP) is 4.46. The lowest BCUT2D eigenvalue weighted by molar-refractivity contribution is -0.117. The summed E-state index contributed by atoms with van der Waals surface area (Å²) in [5, 5.41) is 7.67. The third-order valence-corrected chi connectivity index (χ3v) is 6.60. The van der Waals surface area contributed by atoms with Gasteiger partial charge < -0.3 is 24.8 Å². The second-order valence-electron chi connectivity index (χ2n) is 8.45. The van der Waals surface area contributed by atoms with E-state index in [1.165, 1.54) is 6.08 Å². The number of nitrogens with zero attached hydrogens (tertiary/aromatic N) is 2. The maximum absolute atomic E-state index is 11.8. The molecule has 2 N–H and O–H groups in total. The zero-order chi connectivity index (χ0) is 25.1. The van der Waals surface area contributed by atoms with Crippen LogP contribution in [0.25, 0.3) is 22.0 Å². The molecule has 2 heterocycles. The molecule has 1 aliphatic rings. The van der Waals surface area contributed by atoms with E-state index < -0.39 is 0 Å². The molecule has 1 aromatic heterocycles. The minimum absolute atomic E-state index is 0.106. The number of benzene rings is 2. The summed E-state index contributed by atoms with van der Waals surface area (Å²) in [7, 11) is 3.21. The fourth-order valence-corrected chi connectivity index (χ4v) is 4.79.